The van der Waals surface area contributed by atoms with E-state index in [2.05, 4.69) is 36.0 Å². The Morgan fingerprint density at radius 2 is 1.80 bits per heavy atom. The van der Waals surface area contributed by atoms with Gasteiger partial charge >= 0.3 is 6.61 Å². The van der Waals surface area contributed by atoms with Gasteiger partial charge in [-0.2, -0.15) is 8.78 Å². The summed E-state index contributed by atoms with van der Waals surface area (Å²) in [6.45, 7) is 0.894. The van der Waals surface area contributed by atoms with Crippen molar-refractivity contribution in [1.29, 1.82) is 0 Å². The SMILES string of the molecule is Cc1nc(NC(C2CC2)C2CC2)c2nc(C)n(-c3ccc(OC(F)F)c(Br)c3)c2n1. The lowest BCUT2D eigenvalue weighted by atomic mass is 10.1. The summed E-state index contributed by atoms with van der Waals surface area (Å²) in [5.41, 5.74) is 2.18. The molecule has 9 heteroatoms. The Hall–Kier alpha value is -2.29. The molecule has 1 aromatic carbocycles. The molecule has 2 aromatic heterocycles. The number of fused-ring (bicyclic) bond motifs is 1. The molecular weight excluding hydrogens is 456 g/mol. The first kappa shape index (κ1) is 19.7. The van der Waals surface area contributed by atoms with Crippen molar-refractivity contribution in [3.63, 3.8) is 0 Å². The number of alkyl halides is 2. The van der Waals surface area contributed by atoms with Crippen LogP contribution in [0.1, 0.15) is 37.3 Å². The van der Waals surface area contributed by atoms with Crippen LogP contribution in [0.2, 0.25) is 0 Å². The van der Waals surface area contributed by atoms with Crippen molar-refractivity contribution in [3.8, 4) is 11.4 Å². The van der Waals surface area contributed by atoms with E-state index in [0.717, 1.165) is 34.7 Å². The molecule has 0 amide bonds. The first-order valence-electron chi connectivity index (χ1n) is 10.2. The van der Waals surface area contributed by atoms with E-state index in [1.807, 2.05) is 18.4 Å². The molecule has 0 spiro atoms. The molecule has 1 N–H and O–H groups in total. The maximum absolute atomic E-state index is 12.6. The van der Waals surface area contributed by atoms with Crippen LogP contribution in [0.4, 0.5) is 14.6 Å². The van der Waals surface area contributed by atoms with Crippen LogP contribution in [0, 0.1) is 25.7 Å². The summed E-state index contributed by atoms with van der Waals surface area (Å²) in [6, 6.07) is 5.42. The Kier molecular flexibility index (Phi) is 4.88. The third-order valence-electron chi connectivity index (χ3n) is 5.74. The number of aromatic nitrogens is 4. The van der Waals surface area contributed by atoms with Gasteiger partial charge in [0, 0.05) is 6.04 Å². The summed E-state index contributed by atoms with van der Waals surface area (Å²) in [5, 5.41) is 3.68. The highest BCUT2D eigenvalue weighted by Crippen LogP contribution is 2.46. The van der Waals surface area contributed by atoms with Crippen LogP contribution in [-0.2, 0) is 0 Å². The number of nitrogens with zero attached hydrogens (tertiary/aromatic N) is 4. The van der Waals surface area contributed by atoms with Gasteiger partial charge in [-0.25, -0.2) is 15.0 Å². The minimum atomic E-state index is -2.88. The van der Waals surface area contributed by atoms with E-state index in [1.54, 1.807) is 12.1 Å². The zero-order valence-electron chi connectivity index (χ0n) is 16.7. The molecule has 3 aromatic rings. The number of ether oxygens (including phenoxy) is 1. The Labute approximate surface area is 181 Å². The van der Waals surface area contributed by atoms with Crippen LogP contribution >= 0.6 is 15.9 Å². The standard InChI is InChI=1S/C21H22BrF2N5O/c1-10-25-19(28-17(12-3-4-12)13-5-6-13)18-20(26-10)29(11(2)27-18)14-7-8-16(15(22)9-14)30-21(23)24/h7-9,12-13,17,21H,3-6H2,1-2H3,(H,25,26,28). The van der Waals surface area contributed by atoms with Crippen molar-refractivity contribution >= 4 is 32.9 Å². The molecule has 0 saturated heterocycles. The molecule has 2 heterocycles. The summed E-state index contributed by atoms with van der Waals surface area (Å²) in [6.07, 6.45) is 5.09. The van der Waals surface area contributed by atoms with Crippen molar-refractivity contribution in [2.45, 2.75) is 52.2 Å². The van der Waals surface area contributed by atoms with Crippen LogP contribution in [0.3, 0.4) is 0 Å². The number of anilines is 1. The van der Waals surface area contributed by atoms with E-state index in [0.29, 0.717) is 22.0 Å². The average molecular weight is 478 g/mol. The lowest BCUT2D eigenvalue weighted by Gasteiger charge is -2.18. The minimum absolute atomic E-state index is 0.0840. The van der Waals surface area contributed by atoms with Crippen LogP contribution in [-0.4, -0.2) is 32.2 Å². The van der Waals surface area contributed by atoms with Gasteiger partial charge in [-0.15, -0.1) is 0 Å². The molecule has 2 fully saturated rings. The number of aryl methyl sites for hydroxylation is 2. The molecule has 2 aliphatic rings. The molecule has 6 nitrogen and oxygen atoms in total. The van der Waals surface area contributed by atoms with Gasteiger partial charge in [0.1, 0.15) is 17.4 Å². The fourth-order valence-corrected chi connectivity index (χ4v) is 4.56. The number of benzene rings is 1. The van der Waals surface area contributed by atoms with Crippen LogP contribution in [0.5, 0.6) is 5.75 Å². The van der Waals surface area contributed by atoms with Gasteiger partial charge in [0.05, 0.1) is 10.2 Å². The molecule has 0 atom stereocenters. The van der Waals surface area contributed by atoms with Crippen molar-refractivity contribution in [1.82, 2.24) is 19.5 Å². The first-order valence-corrected chi connectivity index (χ1v) is 10.9. The highest BCUT2D eigenvalue weighted by atomic mass is 79.9. The van der Waals surface area contributed by atoms with Gasteiger partial charge in [0.25, 0.3) is 0 Å². The van der Waals surface area contributed by atoms with Crippen molar-refractivity contribution in [3.05, 3.63) is 34.3 Å². The van der Waals surface area contributed by atoms with Gasteiger partial charge in [-0.1, -0.05) is 0 Å². The van der Waals surface area contributed by atoms with Gasteiger partial charge in [0.2, 0.25) is 0 Å². The van der Waals surface area contributed by atoms with Gasteiger partial charge in [-0.05, 0) is 85.5 Å². The first-order chi connectivity index (χ1) is 14.4. The number of hydrogen-bond acceptors (Lipinski definition) is 5. The normalized spacial score (nSPS) is 16.6. The largest absolute Gasteiger partial charge is 0.434 e. The second-order valence-corrected chi connectivity index (χ2v) is 8.98. The maximum Gasteiger partial charge on any atom is 0.387 e. The van der Waals surface area contributed by atoms with Gasteiger partial charge in [-0.3, -0.25) is 4.57 Å². The van der Waals surface area contributed by atoms with E-state index in [1.165, 1.54) is 31.7 Å². The van der Waals surface area contributed by atoms with E-state index in [-0.39, 0.29) is 5.75 Å². The molecule has 158 valence electrons. The summed E-state index contributed by atoms with van der Waals surface area (Å²) in [4.78, 5) is 14.1. The fourth-order valence-electron chi connectivity index (χ4n) is 4.10. The summed E-state index contributed by atoms with van der Waals surface area (Å²) >= 11 is 3.32. The highest BCUT2D eigenvalue weighted by Gasteiger charge is 2.42. The van der Waals surface area contributed by atoms with Gasteiger partial charge in [0.15, 0.2) is 17.0 Å². The maximum atomic E-state index is 12.6. The fraction of sp³-hybridized carbons (Fsp3) is 0.476. The molecule has 0 unspecified atom stereocenters. The average Bonchev–Trinajstić information content (AvgIpc) is 3.58. The van der Waals surface area contributed by atoms with E-state index < -0.39 is 6.61 Å². The lowest BCUT2D eigenvalue weighted by Crippen LogP contribution is -2.25. The minimum Gasteiger partial charge on any atom is -0.434 e. The Morgan fingerprint density at radius 1 is 1.10 bits per heavy atom. The molecule has 0 bridgehead atoms. The second-order valence-electron chi connectivity index (χ2n) is 8.12. The summed E-state index contributed by atoms with van der Waals surface area (Å²) in [5.74, 6) is 3.72. The molecular formula is C21H22BrF2N5O. The third kappa shape index (κ3) is 3.75. The van der Waals surface area contributed by atoms with Crippen molar-refractivity contribution in [2.24, 2.45) is 11.8 Å². The Balaban J connectivity index is 1.56. The zero-order valence-corrected chi connectivity index (χ0v) is 18.3. The van der Waals surface area contributed by atoms with Crippen LogP contribution in [0.15, 0.2) is 22.7 Å². The number of rotatable bonds is 7. The quantitative estimate of drug-likeness (QED) is 0.493. The third-order valence-corrected chi connectivity index (χ3v) is 6.36. The highest BCUT2D eigenvalue weighted by molar-refractivity contribution is 9.10. The van der Waals surface area contributed by atoms with Crippen molar-refractivity contribution in [2.75, 3.05) is 5.32 Å². The monoisotopic (exact) mass is 477 g/mol. The Bertz CT molecular complexity index is 1100. The predicted molar refractivity (Wildman–Crippen MR) is 113 cm³/mol. The number of hydrogen-bond donors (Lipinski definition) is 1. The van der Waals surface area contributed by atoms with Crippen molar-refractivity contribution < 1.29 is 13.5 Å². The van der Waals surface area contributed by atoms with Crippen LogP contribution in [0.25, 0.3) is 16.9 Å². The second kappa shape index (κ2) is 7.44. The lowest BCUT2D eigenvalue weighted by molar-refractivity contribution is -0.0503. The molecule has 2 saturated carbocycles. The topological polar surface area (TPSA) is 64.9 Å². The molecule has 2 aliphatic carbocycles. The van der Waals surface area contributed by atoms with E-state index in [4.69, 9.17) is 4.98 Å². The molecule has 5 rings (SSSR count). The van der Waals surface area contributed by atoms with E-state index in [9.17, 15) is 8.78 Å². The molecule has 30 heavy (non-hydrogen) atoms. The summed E-state index contributed by atoms with van der Waals surface area (Å²) in [7, 11) is 0. The predicted octanol–water partition coefficient (Wildman–Crippen LogP) is 5.40. The number of halogens is 3. The number of nitrogens with one attached hydrogen (secondary N) is 1. The van der Waals surface area contributed by atoms with Gasteiger partial charge < -0.3 is 10.1 Å². The molecule has 0 aliphatic heterocycles. The van der Waals surface area contributed by atoms with E-state index >= 15 is 0 Å². The Morgan fingerprint density at radius 3 is 2.40 bits per heavy atom. The zero-order chi connectivity index (χ0) is 21.0. The molecule has 0 radical (unpaired) electrons. The van der Waals surface area contributed by atoms with Crippen LogP contribution < -0.4 is 10.1 Å². The summed E-state index contributed by atoms with van der Waals surface area (Å²) < 4.78 is 32.0. The smallest absolute Gasteiger partial charge is 0.387 e. The number of imidazole rings is 1.